The van der Waals surface area contributed by atoms with Gasteiger partial charge >= 0.3 is 6.18 Å². The third-order valence-electron chi connectivity index (χ3n) is 8.64. The fourth-order valence-electron chi connectivity index (χ4n) is 6.24. The summed E-state index contributed by atoms with van der Waals surface area (Å²) in [5, 5.41) is 2.85. The number of carbonyl (C=O) groups is 1. The average Bonchev–Trinajstić information content (AvgIpc) is 3.66. The number of nitrogens with zero attached hydrogens (tertiary/aromatic N) is 6. The number of anilines is 2. The van der Waals surface area contributed by atoms with E-state index in [1.807, 2.05) is 20.0 Å². The Morgan fingerprint density at radius 3 is 2.49 bits per heavy atom. The van der Waals surface area contributed by atoms with Crippen LogP contribution >= 0.6 is 0 Å². The monoisotopic (exact) mass is 571 g/mol. The Kier molecular flexibility index (Phi) is 6.99. The molecule has 0 bridgehead atoms. The Hall–Kier alpha value is -3.54. The molecule has 8 nitrogen and oxygen atoms in total. The number of rotatable bonds is 6. The maximum Gasteiger partial charge on any atom is 0.419 e. The number of piperidine rings is 1. The van der Waals surface area contributed by atoms with E-state index in [1.165, 1.54) is 25.2 Å². The van der Waals surface area contributed by atoms with Crippen molar-refractivity contribution in [3.63, 3.8) is 0 Å². The highest BCUT2D eigenvalue weighted by atomic mass is 19.4. The van der Waals surface area contributed by atoms with Crippen molar-refractivity contribution in [2.75, 3.05) is 42.9 Å². The number of halogens is 4. The van der Waals surface area contributed by atoms with Gasteiger partial charge in [0.25, 0.3) is 0 Å². The van der Waals surface area contributed by atoms with Crippen LogP contribution in [0, 0.1) is 5.82 Å². The summed E-state index contributed by atoms with van der Waals surface area (Å²) in [7, 11) is 0. The van der Waals surface area contributed by atoms with Gasteiger partial charge in [-0.3, -0.25) is 4.79 Å². The SMILES string of the molecule is CC1(C)C(=O)Nc2ncnc(N3CCC(c4nc(-c5ccc(F)c(C(F)(F)F)c5)cn4CCN4CCCC4)CC3)c21. The van der Waals surface area contributed by atoms with Crippen LogP contribution in [0.1, 0.15) is 62.4 Å². The number of imidazole rings is 1. The van der Waals surface area contributed by atoms with Gasteiger partial charge in [0.15, 0.2) is 0 Å². The van der Waals surface area contributed by atoms with Gasteiger partial charge in [-0.05, 0) is 70.8 Å². The molecule has 12 heteroatoms. The van der Waals surface area contributed by atoms with Gasteiger partial charge in [-0.1, -0.05) is 0 Å². The van der Waals surface area contributed by atoms with Crippen LogP contribution in [0.3, 0.4) is 0 Å². The summed E-state index contributed by atoms with van der Waals surface area (Å²) in [6, 6.07) is 3.07. The Balaban J connectivity index is 1.26. The second-order valence-corrected chi connectivity index (χ2v) is 11.7. The summed E-state index contributed by atoms with van der Waals surface area (Å²) in [6.45, 7) is 8.69. The zero-order chi connectivity index (χ0) is 28.9. The summed E-state index contributed by atoms with van der Waals surface area (Å²) >= 11 is 0. The van der Waals surface area contributed by atoms with Crippen LogP contribution in [-0.4, -0.2) is 63.0 Å². The van der Waals surface area contributed by atoms with Crippen LogP contribution in [0.4, 0.5) is 29.2 Å². The Labute approximate surface area is 235 Å². The number of fused-ring (bicyclic) bond motifs is 1. The van der Waals surface area contributed by atoms with Gasteiger partial charge in [-0.15, -0.1) is 0 Å². The molecule has 1 amide bonds. The van der Waals surface area contributed by atoms with E-state index >= 15 is 0 Å². The molecule has 41 heavy (non-hydrogen) atoms. The molecule has 218 valence electrons. The second-order valence-electron chi connectivity index (χ2n) is 11.7. The predicted molar refractivity (Wildman–Crippen MR) is 146 cm³/mol. The molecule has 2 fully saturated rings. The lowest BCUT2D eigenvalue weighted by atomic mass is 9.86. The molecule has 1 N–H and O–H groups in total. The first-order valence-corrected chi connectivity index (χ1v) is 14.1. The first-order chi connectivity index (χ1) is 19.5. The van der Waals surface area contributed by atoms with Gasteiger partial charge in [0.05, 0.1) is 22.2 Å². The smallest absolute Gasteiger partial charge is 0.356 e. The number of hydrogen-bond donors (Lipinski definition) is 1. The van der Waals surface area contributed by atoms with E-state index < -0.39 is 23.0 Å². The van der Waals surface area contributed by atoms with E-state index in [4.69, 9.17) is 4.98 Å². The molecule has 2 aromatic heterocycles. The van der Waals surface area contributed by atoms with Crippen molar-refractivity contribution in [1.82, 2.24) is 24.4 Å². The fourth-order valence-corrected chi connectivity index (χ4v) is 6.24. The van der Waals surface area contributed by atoms with E-state index in [9.17, 15) is 22.4 Å². The third kappa shape index (κ3) is 5.18. The lowest BCUT2D eigenvalue weighted by Gasteiger charge is -2.34. The van der Waals surface area contributed by atoms with Crippen molar-refractivity contribution in [1.29, 1.82) is 0 Å². The molecule has 3 aliphatic rings. The summed E-state index contributed by atoms with van der Waals surface area (Å²) in [5.74, 6) is 0.822. The van der Waals surface area contributed by atoms with Crippen molar-refractivity contribution in [2.45, 2.75) is 63.6 Å². The van der Waals surface area contributed by atoms with Crippen molar-refractivity contribution in [3.8, 4) is 11.3 Å². The molecule has 0 spiro atoms. The molecule has 6 rings (SSSR count). The van der Waals surface area contributed by atoms with Gasteiger partial charge in [-0.25, -0.2) is 19.3 Å². The minimum absolute atomic E-state index is 0.0868. The van der Waals surface area contributed by atoms with Crippen LogP contribution in [0.2, 0.25) is 0 Å². The van der Waals surface area contributed by atoms with Crippen molar-refractivity contribution >= 4 is 17.5 Å². The average molecular weight is 572 g/mol. The number of carbonyl (C=O) groups excluding carboxylic acids is 1. The maximum absolute atomic E-state index is 14.0. The lowest BCUT2D eigenvalue weighted by Crippen LogP contribution is -2.37. The zero-order valence-electron chi connectivity index (χ0n) is 23.1. The number of alkyl halides is 3. The molecule has 0 atom stereocenters. The van der Waals surface area contributed by atoms with Crippen LogP contribution in [0.5, 0.6) is 0 Å². The summed E-state index contributed by atoms with van der Waals surface area (Å²) in [6.07, 6.45) is 2.35. The van der Waals surface area contributed by atoms with Gasteiger partial charge in [0.2, 0.25) is 5.91 Å². The van der Waals surface area contributed by atoms with E-state index in [0.717, 1.165) is 61.8 Å². The highest BCUT2D eigenvalue weighted by Crippen LogP contribution is 2.42. The number of likely N-dealkylation sites (tertiary alicyclic amines) is 1. The van der Waals surface area contributed by atoms with Crippen LogP contribution in [0.15, 0.2) is 30.7 Å². The topological polar surface area (TPSA) is 79.2 Å². The first kappa shape index (κ1) is 27.6. The second kappa shape index (κ2) is 10.4. The minimum Gasteiger partial charge on any atom is -0.356 e. The van der Waals surface area contributed by atoms with E-state index in [-0.39, 0.29) is 17.4 Å². The molecule has 1 aromatic carbocycles. The standard InChI is InChI=1S/C29H33F4N7O/c1-28(2)23-24(37-27(28)41)34-17-35-26(23)39-11-7-18(8-12-39)25-36-22(16-40(25)14-13-38-9-3-4-10-38)19-5-6-21(30)20(15-19)29(31,32)33/h5-6,15-18H,3-4,7-14H2,1-2H3,(H,34,35,37,41). The third-order valence-corrected chi connectivity index (χ3v) is 8.64. The molecule has 0 saturated carbocycles. The highest BCUT2D eigenvalue weighted by Gasteiger charge is 2.43. The van der Waals surface area contributed by atoms with Crippen molar-refractivity contribution < 1.29 is 22.4 Å². The Bertz CT molecular complexity index is 1450. The van der Waals surface area contributed by atoms with E-state index in [0.29, 0.717) is 31.1 Å². The highest BCUT2D eigenvalue weighted by molar-refractivity contribution is 6.06. The predicted octanol–water partition coefficient (Wildman–Crippen LogP) is 5.21. The lowest BCUT2D eigenvalue weighted by molar-refractivity contribution is -0.140. The zero-order valence-corrected chi connectivity index (χ0v) is 23.1. The van der Waals surface area contributed by atoms with E-state index in [1.54, 1.807) is 0 Å². The Morgan fingerprint density at radius 1 is 1.05 bits per heavy atom. The number of amides is 1. The molecule has 3 aromatic rings. The summed E-state index contributed by atoms with van der Waals surface area (Å²) in [4.78, 5) is 30.8. The van der Waals surface area contributed by atoms with Crippen LogP contribution < -0.4 is 10.2 Å². The molecular weight excluding hydrogens is 538 g/mol. The van der Waals surface area contributed by atoms with Crippen LogP contribution in [-0.2, 0) is 22.9 Å². The molecular formula is C29H33F4N7O. The first-order valence-electron chi connectivity index (χ1n) is 14.1. The Morgan fingerprint density at radius 2 is 1.78 bits per heavy atom. The maximum atomic E-state index is 14.0. The largest absolute Gasteiger partial charge is 0.419 e. The number of aromatic nitrogens is 4. The van der Waals surface area contributed by atoms with E-state index in [2.05, 4.69) is 29.7 Å². The summed E-state index contributed by atoms with van der Waals surface area (Å²) in [5.41, 5.74) is -0.574. The van der Waals surface area contributed by atoms with Gasteiger partial charge in [-0.2, -0.15) is 13.2 Å². The number of hydrogen-bond acceptors (Lipinski definition) is 6. The number of nitrogens with one attached hydrogen (secondary N) is 1. The molecule has 0 radical (unpaired) electrons. The molecule has 0 unspecified atom stereocenters. The fraction of sp³-hybridized carbons (Fsp3) is 0.517. The molecule has 0 aliphatic carbocycles. The number of benzene rings is 1. The minimum atomic E-state index is -4.79. The molecule has 2 saturated heterocycles. The van der Waals surface area contributed by atoms with Crippen LogP contribution in [0.25, 0.3) is 11.3 Å². The van der Waals surface area contributed by atoms with Crippen molar-refractivity contribution in [2.24, 2.45) is 0 Å². The quantitative estimate of drug-likeness (QED) is 0.410. The molecule has 3 aliphatic heterocycles. The molecule has 5 heterocycles. The van der Waals surface area contributed by atoms with Gasteiger partial charge in [0, 0.05) is 43.9 Å². The van der Waals surface area contributed by atoms with Gasteiger partial charge in [0.1, 0.15) is 29.6 Å². The van der Waals surface area contributed by atoms with Crippen molar-refractivity contribution in [3.05, 3.63) is 53.5 Å². The normalized spacial score (nSPS) is 19.6. The van der Waals surface area contributed by atoms with Gasteiger partial charge < -0.3 is 19.7 Å². The summed E-state index contributed by atoms with van der Waals surface area (Å²) < 4.78 is 56.4.